The summed E-state index contributed by atoms with van der Waals surface area (Å²) in [5.41, 5.74) is 0.0274. The molecule has 2 N–H and O–H groups in total. The molecule has 10 nitrogen and oxygen atoms in total. The number of hydrogen-bond donors (Lipinski definition) is 2. The summed E-state index contributed by atoms with van der Waals surface area (Å²) in [6.07, 6.45) is 6.00. The fraction of sp³-hybridized carbons (Fsp3) is 0.381. The van der Waals surface area contributed by atoms with Crippen LogP contribution in [0.3, 0.4) is 0 Å². The Balaban J connectivity index is 1.57. The summed E-state index contributed by atoms with van der Waals surface area (Å²) in [6, 6.07) is 2.57. The van der Waals surface area contributed by atoms with E-state index in [2.05, 4.69) is 20.1 Å². The molecule has 2 aromatic rings. The lowest BCUT2D eigenvalue weighted by molar-refractivity contribution is -0.373. The van der Waals surface area contributed by atoms with Crippen LogP contribution in [0.25, 0.3) is 11.4 Å². The first-order chi connectivity index (χ1) is 15.6. The van der Waals surface area contributed by atoms with E-state index in [0.29, 0.717) is 31.0 Å². The van der Waals surface area contributed by atoms with Crippen LogP contribution in [0.4, 0.5) is 10.2 Å². The molecule has 0 bridgehead atoms. The van der Waals surface area contributed by atoms with Gasteiger partial charge in [0.2, 0.25) is 0 Å². The Morgan fingerprint density at radius 3 is 2.84 bits per heavy atom. The van der Waals surface area contributed by atoms with Crippen molar-refractivity contribution in [1.82, 2.24) is 29.5 Å². The SMILES string of the molecule is O=C(CN1CCN(CCO)CC1)[N+]1=C2C(F)=CC=CC2n2c(n[nH]c2=O)-c2cccnc21. The Bertz CT molecular complexity index is 1200. The van der Waals surface area contributed by atoms with Crippen LogP contribution in [-0.2, 0) is 4.79 Å². The number of hydrogen-bond acceptors (Lipinski definition) is 7. The highest BCUT2D eigenvalue weighted by atomic mass is 19.1. The number of carbonyl (C=O) groups excluding carboxylic acids is 1. The number of piperazine rings is 1. The van der Waals surface area contributed by atoms with Gasteiger partial charge >= 0.3 is 17.4 Å². The van der Waals surface area contributed by atoms with Gasteiger partial charge in [0.25, 0.3) is 0 Å². The maximum absolute atomic E-state index is 15.2. The van der Waals surface area contributed by atoms with Crippen molar-refractivity contribution < 1.29 is 18.9 Å². The monoisotopic (exact) mass is 440 g/mol. The van der Waals surface area contributed by atoms with Crippen molar-refractivity contribution in [2.45, 2.75) is 6.04 Å². The van der Waals surface area contributed by atoms with Gasteiger partial charge in [0.15, 0.2) is 17.4 Å². The van der Waals surface area contributed by atoms with Crippen molar-refractivity contribution in [3.8, 4) is 11.4 Å². The van der Waals surface area contributed by atoms with Crippen molar-refractivity contribution in [3.05, 3.63) is 52.9 Å². The molecule has 1 unspecified atom stereocenters. The average molecular weight is 440 g/mol. The summed E-state index contributed by atoms with van der Waals surface area (Å²) < 4.78 is 17.9. The van der Waals surface area contributed by atoms with Gasteiger partial charge in [-0.25, -0.2) is 19.1 Å². The predicted octanol–water partition coefficient (Wildman–Crippen LogP) is -0.167. The number of aliphatic hydroxyl groups excluding tert-OH is 1. The molecule has 2 aromatic heterocycles. The van der Waals surface area contributed by atoms with Gasteiger partial charge in [-0.15, -0.1) is 0 Å². The predicted molar refractivity (Wildman–Crippen MR) is 113 cm³/mol. The quantitative estimate of drug-likeness (QED) is 0.636. The first-order valence-corrected chi connectivity index (χ1v) is 10.5. The number of aromatic amines is 1. The number of nitrogens with zero attached hydrogens (tertiary/aromatic N) is 6. The molecule has 166 valence electrons. The van der Waals surface area contributed by atoms with E-state index in [1.807, 2.05) is 4.90 Å². The first-order valence-electron chi connectivity index (χ1n) is 10.5. The molecular weight excluding hydrogens is 417 g/mol. The zero-order chi connectivity index (χ0) is 22.2. The number of pyridine rings is 1. The number of nitrogens with one attached hydrogen (secondary N) is 1. The molecule has 11 heteroatoms. The highest BCUT2D eigenvalue weighted by Crippen LogP contribution is 2.35. The molecule has 32 heavy (non-hydrogen) atoms. The maximum atomic E-state index is 15.2. The molecule has 0 spiro atoms. The number of aromatic nitrogens is 4. The largest absolute Gasteiger partial charge is 0.395 e. The van der Waals surface area contributed by atoms with Gasteiger partial charge in [-0.1, -0.05) is 12.2 Å². The van der Waals surface area contributed by atoms with E-state index in [1.54, 1.807) is 18.2 Å². The molecule has 4 heterocycles. The molecular formula is C21H23FN7O3+. The molecule has 1 atom stereocenters. The van der Waals surface area contributed by atoms with Crippen LogP contribution in [0.1, 0.15) is 6.04 Å². The third kappa shape index (κ3) is 3.44. The molecule has 3 aliphatic rings. The molecule has 5 rings (SSSR count). The van der Waals surface area contributed by atoms with E-state index in [1.165, 1.54) is 27.5 Å². The number of H-pyrrole nitrogens is 1. The molecule has 0 saturated carbocycles. The summed E-state index contributed by atoms with van der Waals surface area (Å²) in [5.74, 6) is -0.390. The lowest BCUT2D eigenvalue weighted by Crippen LogP contribution is -2.49. The van der Waals surface area contributed by atoms with Crippen LogP contribution in [0, 0.1) is 0 Å². The summed E-state index contributed by atoms with van der Waals surface area (Å²) >= 11 is 0. The smallest absolute Gasteiger partial charge is 0.344 e. The minimum Gasteiger partial charge on any atom is -0.395 e. The molecule has 2 aliphatic heterocycles. The highest BCUT2D eigenvalue weighted by Gasteiger charge is 2.41. The molecule has 1 aliphatic carbocycles. The Labute approximate surface area is 182 Å². The number of carbonyl (C=O) groups is 1. The lowest BCUT2D eigenvalue weighted by atomic mass is 10.0. The molecule has 1 amide bonds. The topological polar surface area (TPSA) is 110 Å². The number of β-amino-alcohol motifs (C(OH)–C–C–N with tert-alkyl or cyclic N) is 1. The molecule has 1 fully saturated rings. The summed E-state index contributed by atoms with van der Waals surface area (Å²) in [4.78, 5) is 34.7. The Hall–Kier alpha value is -3.28. The Morgan fingerprint density at radius 2 is 2.06 bits per heavy atom. The fourth-order valence-electron chi connectivity index (χ4n) is 4.45. The number of rotatable bonds is 4. The maximum Gasteiger partial charge on any atom is 0.344 e. The van der Waals surface area contributed by atoms with Crippen molar-refractivity contribution in [2.24, 2.45) is 0 Å². The second-order valence-electron chi connectivity index (χ2n) is 7.90. The summed E-state index contributed by atoms with van der Waals surface area (Å²) in [5, 5.41) is 15.7. The Kier molecular flexibility index (Phi) is 5.37. The second-order valence-corrected chi connectivity index (χ2v) is 7.90. The minimum absolute atomic E-state index is 0.0543. The van der Waals surface area contributed by atoms with E-state index >= 15 is 4.39 Å². The van der Waals surface area contributed by atoms with Crippen LogP contribution in [-0.4, -0.2) is 96.7 Å². The number of amides is 1. The zero-order valence-corrected chi connectivity index (χ0v) is 17.3. The highest BCUT2D eigenvalue weighted by molar-refractivity contribution is 6.04. The zero-order valence-electron chi connectivity index (χ0n) is 17.3. The van der Waals surface area contributed by atoms with Crippen molar-refractivity contribution in [1.29, 1.82) is 0 Å². The van der Waals surface area contributed by atoms with Crippen LogP contribution >= 0.6 is 0 Å². The molecule has 0 radical (unpaired) electrons. The van der Waals surface area contributed by atoms with Crippen LogP contribution in [0.5, 0.6) is 0 Å². The van der Waals surface area contributed by atoms with Gasteiger partial charge in [-0.2, -0.15) is 9.67 Å². The normalized spacial score (nSPS) is 20.9. The summed E-state index contributed by atoms with van der Waals surface area (Å²) in [6.45, 7) is 3.58. The standard InChI is InChI=1S/C21H22FN7O3/c22-15-4-1-5-16-18(15)29(17(31)13-27-9-7-26(8-10-27)11-12-30)19-14(3-2-6-23-19)20-24-25-21(32)28(16)20/h1-6,16,30H,7-13H2/p+1. The van der Waals surface area contributed by atoms with Crippen LogP contribution in [0.15, 0.2) is 47.2 Å². The second kappa shape index (κ2) is 8.34. The van der Waals surface area contributed by atoms with Gasteiger partial charge in [0.05, 0.1) is 6.61 Å². The van der Waals surface area contributed by atoms with Crippen molar-refractivity contribution >= 4 is 17.4 Å². The van der Waals surface area contributed by atoms with E-state index in [0.717, 1.165) is 13.1 Å². The van der Waals surface area contributed by atoms with Crippen LogP contribution in [0.2, 0.25) is 0 Å². The van der Waals surface area contributed by atoms with Gasteiger partial charge in [0, 0.05) is 32.7 Å². The lowest BCUT2D eigenvalue weighted by Gasteiger charge is -2.33. The number of fused-ring (bicyclic) bond motifs is 5. The van der Waals surface area contributed by atoms with E-state index in [-0.39, 0.29) is 30.6 Å². The van der Waals surface area contributed by atoms with Gasteiger partial charge in [-0.05, 0) is 23.2 Å². The van der Waals surface area contributed by atoms with E-state index in [9.17, 15) is 9.59 Å². The number of halogens is 1. The molecule has 0 aromatic carbocycles. The first kappa shape index (κ1) is 20.6. The third-order valence-electron chi connectivity index (χ3n) is 6.01. The van der Waals surface area contributed by atoms with Crippen molar-refractivity contribution in [3.63, 3.8) is 0 Å². The van der Waals surface area contributed by atoms with Gasteiger partial charge in [0.1, 0.15) is 24.3 Å². The van der Waals surface area contributed by atoms with E-state index in [4.69, 9.17) is 5.11 Å². The molecule has 1 saturated heterocycles. The Morgan fingerprint density at radius 1 is 1.28 bits per heavy atom. The number of allylic oxidation sites excluding steroid dienone is 4. The van der Waals surface area contributed by atoms with Crippen molar-refractivity contribution in [2.75, 3.05) is 45.9 Å². The summed E-state index contributed by atoms with van der Waals surface area (Å²) in [7, 11) is 0. The third-order valence-corrected chi connectivity index (χ3v) is 6.01. The fourth-order valence-corrected chi connectivity index (χ4v) is 4.45. The van der Waals surface area contributed by atoms with Gasteiger partial charge < -0.3 is 5.11 Å². The average Bonchev–Trinajstić information content (AvgIpc) is 3.11. The van der Waals surface area contributed by atoms with E-state index < -0.39 is 17.6 Å². The van der Waals surface area contributed by atoms with Gasteiger partial charge in [-0.3, -0.25) is 14.4 Å². The number of aliphatic hydroxyl groups is 1. The minimum atomic E-state index is -0.833. The van der Waals surface area contributed by atoms with Crippen LogP contribution < -0.4 is 5.69 Å².